The number of hydrogen-bond acceptors (Lipinski definition) is 4. The van der Waals surface area contributed by atoms with Gasteiger partial charge < -0.3 is 20.5 Å². The number of rotatable bonds is 8. The van der Waals surface area contributed by atoms with Gasteiger partial charge in [-0.1, -0.05) is 0 Å². The van der Waals surface area contributed by atoms with Crippen LogP contribution < -0.4 is 20.5 Å². The molecule has 7 heteroatoms. The minimum atomic E-state index is 0. The highest BCUT2D eigenvalue weighted by molar-refractivity contribution is 14.0. The summed E-state index contributed by atoms with van der Waals surface area (Å²) in [5.74, 6) is 1.72. The summed E-state index contributed by atoms with van der Waals surface area (Å²) in [7, 11) is 3.21. The third kappa shape index (κ3) is 7.12. The molecular weight excluding hydrogens is 419 g/mol. The van der Waals surface area contributed by atoms with Crippen LogP contribution in [0.5, 0.6) is 11.5 Å². The van der Waals surface area contributed by atoms with E-state index in [0.717, 1.165) is 12.2 Å². The van der Waals surface area contributed by atoms with Crippen LogP contribution in [0.4, 0.5) is 5.69 Å². The Hall–Kier alpha value is -1.22. The van der Waals surface area contributed by atoms with Gasteiger partial charge in [-0.2, -0.15) is 0 Å². The monoisotopic (exact) mass is 450 g/mol. The molecule has 0 atom stereocenters. The van der Waals surface area contributed by atoms with Crippen molar-refractivity contribution < 1.29 is 9.47 Å². The molecule has 6 nitrogen and oxygen atoms in total. The molecule has 0 aliphatic rings. The molecule has 0 spiro atoms. The second kappa shape index (κ2) is 11.4. The number of guanidine groups is 1. The third-order valence-corrected chi connectivity index (χ3v) is 3.62. The molecule has 3 N–H and O–H groups in total. The van der Waals surface area contributed by atoms with Crippen LogP contribution in [0, 0.1) is 0 Å². The van der Waals surface area contributed by atoms with Crippen LogP contribution in [-0.2, 0) is 0 Å². The number of anilines is 1. The number of aliphatic imine (C=N–C) groups is 1. The van der Waals surface area contributed by atoms with Crippen LogP contribution in [0.3, 0.4) is 0 Å². The van der Waals surface area contributed by atoms with Crippen molar-refractivity contribution in [1.29, 1.82) is 0 Å². The minimum Gasteiger partial charge on any atom is -0.493 e. The van der Waals surface area contributed by atoms with Crippen molar-refractivity contribution >= 4 is 35.6 Å². The molecule has 1 rings (SSSR count). The van der Waals surface area contributed by atoms with Crippen LogP contribution in [-0.4, -0.2) is 50.3 Å². The normalized spacial score (nSPS) is 11.6. The maximum Gasteiger partial charge on any atom is 0.193 e. The van der Waals surface area contributed by atoms with Gasteiger partial charge >= 0.3 is 0 Å². The Kier molecular flexibility index (Phi) is 10.8. The summed E-state index contributed by atoms with van der Waals surface area (Å²) in [6, 6.07) is 6.51. The molecule has 0 amide bonds. The van der Waals surface area contributed by atoms with Crippen LogP contribution >= 0.6 is 24.0 Å². The third-order valence-electron chi connectivity index (χ3n) is 3.62. The zero-order valence-corrected chi connectivity index (χ0v) is 17.8. The first-order chi connectivity index (χ1) is 10.9. The average Bonchev–Trinajstić information content (AvgIpc) is 2.50. The van der Waals surface area contributed by atoms with E-state index in [1.807, 2.05) is 18.2 Å². The van der Waals surface area contributed by atoms with Gasteiger partial charge in [0.15, 0.2) is 17.5 Å². The van der Waals surface area contributed by atoms with Crippen molar-refractivity contribution in [3.63, 3.8) is 0 Å². The number of halogens is 1. The molecule has 0 bridgehead atoms. The van der Waals surface area contributed by atoms with E-state index < -0.39 is 0 Å². The van der Waals surface area contributed by atoms with Gasteiger partial charge in [0.05, 0.1) is 20.8 Å². The molecule has 0 saturated heterocycles. The van der Waals surface area contributed by atoms with Gasteiger partial charge in [-0.3, -0.25) is 9.89 Å². The summed E-state index contributed by atoms with van der Waals surface area (Å²) in [5.41, 5.74) is 6.77. The van der Waals surface area contributed by atoms with E-state index in [2.05, 4.69) is 42.9 Å². The van der Waals surface area contributed by atoms with Crippen molar-refractivity contribution in [3.8, 4) is 11.5 Å². The van der Waals surface area contributed by atoms with Gasteiger partial charge in [-0.25, -0.2) is 0 Å². The van der Waals surface area contributed by atoms with Crippen molar-refractivity contribution in [3.05, 3.63) is 18.2 Å². The Morgan fingerprint density at radius 3 is 2.21 bits per heavy atom. The first kappa shape index (κ1) is 22.8. The molecule has 1 aromatic carbocycles. The highest BCUT2D eigenvalue weighted by Crippen LogP contribution is 2.29. The van der Waals surface area contributed by atoms with E-state index in [-0.39, 0.29) is 24.0 Å². The van der Waals surface area contributed by atoms with Gasteiger partial charge in [0.1, 0.15) is 0 Å². The van der Waals surface area contributed by atoms with Gasteiger partial charge in [0.25, 0.3) is 0 Å². The Bertz CT molecular complexity index is 513. The number of methoxy groups -OCH3 is 2. The van der Waals surface area contributed by atoms with Crippen LogP contribution in [0.15, 0.2) is 23.2 Å². The average molecular weight is 450 g/mol. The Morgan fingerprint density at radius 2 is 1.71 bits per heavy atom. The van der Waals surface area contributed by atoms with E-state index in [1.165, 1.54) is 0 Å². The molecule has 1 aromatic rings. The van der Waals surface area contributed by atoms with E-state index >= 15 is 0 Å². The summed E-state index contributed by atoms with van der Waals surface area (Å²) < 4.78 is 10.5. The molecule has 0 heterocycles. The van der Waals surface area contributed by atoms with Crippen molar-refractivity contribution in [2.45, 2.75) is 39.8 Å². The number of nitrogens with one attached hydrogen (secondary N) is 1. The molecule has 24 heavy (non-hydrogen) atoms. The van der Waals surface area contributed by atoms with Gasteiger partial charge in [-0.05, 0) is 39.8 Å². The quantitative estimate of drug-likeness (QED) is 0.362. The summed E-state index contributed by atoms with van der Waals surface area (Å²) in [5, 5.41) is 3.07. The maximum atomic E-state index is 5.95. The number of hydrogen-bond donors (Lipinski definition) is 2. The first-order valence-corrected chi connectivity index (χ1v) is 7.93. The minimum absolute atomic E-state index is 0. The Labute approximate surface area is 162 Å². The lowest BCUT2D eigenvalue weighted by atomic mass is 10.2. The first-order valence-electron chi connectivity index (χ1n) is 7.93. The number of nitrogens with zero attached hydrogens (tertiary/aromatic N) is 2. The molecule has 0 unspecified atom stereocenters. The molecule has 0 saturated carbocycles. The van der Waals surface area contributed by atoms with Crippen molar-refractivity contribution in [1.82, 2.24) is 4.90 Å². The second-order valence-corrected chi connectivity index (χ2v) is 5.89. The lowest BCUT2D eigenvalue weighted by molar-refractivity contribution is 0.181. The summed E-state index contributed by atoms with van der Waals surface area (Å²) in [4.78, 5) is 6.77. The van der Waals surface area contributed by atoms with Gasteiger partial charge in [0.2, 0.25) is 0 Å². The SMILES string of the molecule is COc1ccc(NC(N)=NCCN(C(C)C)C(C)C)cc1OC.I. The predicted octanol–water partition coefficient (Wildman–Crippen LogP) is 3.17. The smallest absolute Gasteiger partial charge is 0.193 e. The zero-order valence-electron chi connectivity index (χ0n) is 15.5. The highest BCUT2D eigenvalue weighted by atomic mass is 127. The topological polar surface area (TPSA) is 72.1 Å². The van der Waals surface area contributed by atoms with Crippen LogP contribution in [0.2, 0.25) is 0 Å². The molecule has 0 radical (unpaired) electrons. The summed E-state index contributed by atoms with van der Waals surface area (Å²) in [6.45, 7) is 10.3. The summed E-state index contributed by atoms with van der Waals surface area (Å²) in [6.07, 6.45) is 0. The van der Waals surface area contributed by atoms with Crippen LogP contribution in [0.1, 0.15) is 27.7 Å². The second-order valence-electron chi connectivity index (χ2n) is 5.89. The largest absolute Gasteiger partial charge is 0.493 e. The maximum absolute atomic E-state index is 5.95. The van der Waals surface area contributed by atoms with Gasteiger partial charge in [-0.15, -0.1) is 24.0 Å². The highest BCUT2D eigenvalue weighted by Gasteiger charge is 2.12. The fraction of sp³-hybridized carbons (Fsp3) is 0.588. The number of nitrogens with two attached hydrogens (primary N) is 1. The molecule has 0 aliphatic carbocycles. The summed E-state index contributed by atoms with van der Waals surface area (Å²) >= 11 is 0. The van der Waals surface area contributed by atoms with Gasteiger partial charge in [0, 0.05) is 30.4 Å². The number of benzene rings is 1. The molecule has 138 valence electrons. The number of ether oxygens (including phenoxy) is 2. The molecule has 0 aromatic heterocycles. The molecule has 0 fully saturated rings. The Morgan fingerprint density at radius 1 is 1.12 bits per heavy atom. The zero-order chi connectivity index (χ0) is 17.4. The predicted molar refractivity (Wildman–Crippen MR) is 112 cm³/mol. The van der Waals surface area contributed by atoms with E-state index in [1.54, 1.807) is 14.2 Å². The van der Waals surface area contributed by atoms with E-state index in [0.29, 0.717) is 36.1 Å². The standard InChI is InChI=1S/C17H30N4O2.HI/c1-12(2)21(13(3)4)10-9-19-17(18)20-14-7-8-15(22-5)16(11-14)23-6;/h7-8,11-13H,9-10H2,1-6H3,(H3,18,19,20);1H. The molecular formula is C17H31IN4O2. The van der Waals surface area contributed by atoms with E-state index in [4.69, 9.17) is 15.2 Å². The van der Waals surface area contributed by atoms with E-state index in [9.17, 15) is 0 Å². The molecule has 0 aliphatic heterocycles. The lowest BCUT2D eigenvalue weighted by Gasteiger charge is -2.29. The van der Waals surface area contributed by atoms with Crippen LogP contribution in [0.25, 0.3) is 0 Å². The van der Waals surface area contributed by atoms with Crippen molar-refractivity contribution in [2.24, 2.45) is 10.7 Å². The fourth-order valence-corrected chi connectivity index (χ4v) is 2.50. The lowest BCUT2D eigenvalue weighted by Crippen LogP contribution is -2.39. The fourth-order valence-electron chi connectivity index (χ4n) is 2.50. The Balaban J connectivity index is 0.00000529. The van der Waals surface area contributed by atoms with Crippen molar-refractivity contribution in [2.75, 3.05) is 32.6 Å².